The predicted octanol–water partition coefficient (Wildman–Crippen LogP) is 0.168. The lowest BCUT2D eigenvalue weighted by Crippen LogP contribution is -2.49. The van der Waals surface area contributed by atoms with Gasteiger partial charge in [0.25, 0.3) is 11.9 Å². The molecule has 1 fully saturated rings. The normalized spacial score (nSPS) is 24.4. The third-order valence-corrected chi connectivity index (χ3v) is 2.64. The van der Waals surface area contributed by atoms with E-state index in [9.17, 15) is 9.90 Å². The quantitative estimate of drug-likeness (QED) is 0.788. The molecule has 0 spiro atoms. The minimum atomic E-state index is -0.579. The van der Waals surface area contributed by atoms with E-state index in [1.165, 1.54) is 13.2 Å². The van der Waals surface area contributed by atoms with Gasteiger partial charge in [0.1, 0.15) is 0 Å². The number of carbonyl (C=O) groups is 1. The molecule has 94 valence electrons. The van der Waals surface area contributed by atoms with E-state index in [2.05, 4.69) is 5.32 Å². The van der Waals surface area contributed by atoms with Crippen LogP contribution in [0.3, 0.4) is 0 Å². The molecule has 0 aromatic carbocycles. The molecule has 2 rings (SSSR count). The molecule has 0 unspecified atom stereocenters. The van der Waals surface area contributed by atoms with E-state index >= 15 is 0 Å². The van der Waals surface area contributed by atoms with Gasteiger partial charge in [-0.2, -0.15) is 0 Å². The van der Waals surface area contributed by atoms with Crippen molar-refractivity contribution in [2.24, 2.45) is 0 Å². The van der Waals surface area contributed by atoms with Crippen molar-refractivity contribution in [1.82, 2.24) is 5.32 Å². The Morgan fingerprint density at radius 1 is 1.59 bits per heavy atom. The van der Waals surface area contributed by atoms with Gasteiger partial charge >= 0.3 is 0 Å². The molecule has 2 atom stereocenters. The Kier molecular flexibility index (Phi) is 3.65. The van der Waals surface area contributed by atoms with E-state index in [-0.39, 0.29) is 17.6 Å². The van der Waals surface area contributed by atoms with Gasteiger partial charge in [-0.15, -0.1) is 0 Å². The number of hydrogen-bond acceptors (Lipinski definition) is 5. The van der Waals surface area contributed by atoms with E-state index in [0.717, 1.165) is 0 Å². The molecule has 1 saturated heterocycles. The third kappa shape index (κ3) is 2.78. The molecule has 17 heavy (non-hydrogen) atoms. The van der Waals surface area contributed by atoms with Crippen LogP contribution in [0, 0.1) is 0 Å². The van der Waals surface area contributed by atoms with Gasteiger partial charge in [0, 0.05) is 12.7 Å². The van der Waals surface area contributed by atoms with E-state index in [1.807, 2.05) is 0 Å². The molecule has 1 aromatic heterocycles. The monoisotopic (exact) mass is 241 g/mol. The van der Waals surface area contributed by atoms with Crippen LogP contribution < -0.4 is 10.1 Å². The largest absolute Gasteiger partial charge is 0.468 e. The molecule has 0 radical (unpaired) electrons. The highest BCUT2D eigenvalue weighted by Gasteiger charge is 2.26. The molecule has 1 aromatic rings. The summed E-state index contributed by atoms with van der Waals surface area (Å²) in [5.74, 6) is 0.0399. The molecule has 0 saturated carbocycles. The Labute approximate surface area is 98.5 Å². The molecule has 6 heteroatoms. The van der Waals surface area contributed by atoms with Crippen molar-refractivity contribution < 1.29 is 23.8 Å². The van der Waals surface area contributed by atoms with Gasteiger partial charge in [0.2, 0.25) is 0 Å². The van der Waals surface area contributed by atoms with Crippen LogP contribution in [-0.4, -0.2) is 43.5 Å². The molecule has 6 nitrogen and oxygen atoms in total. The molecule has 1 aliphatic rings. The van der Waals surface area contributed by atoms with Crippen molar-refractivity contribution in [2.45, 2.75) is 18.6 Å². The fourth-order valence-corrected chi connectivity index (χ4v) is 1.66. The van der Waals surface area contributed by atoms with Crippen LogP contribution in [0.2, 0.25) is 0 Å². The molecule has 2 heterocycles. The number of hydrogen-bond donors (Lipinski definition) is 2. The highest BCUT2D eigenvalue weighted by atomic mass is 16.6. The molecular formula is C11H15NO5. The summed E-state index contributed by atoms with van der Waals surface area (Å²) >= 11 is 0. The van der Waals surface area contributed by atoms with Crippen molar-refractivity contribution in [3.8, 4) is 5.95 Å². The van der Waals surface area contributed by atoms with Gasteiger partial charge in [-0.25, -0.2) is 0 Å². The van der Waals surface area contributed by atoms with Crippen LogP contribution in [0.5, 0.6) is 5.95 Å². The topological polar surface area (TPSA) is 80.9 Å². The van der Waals surface area contributed by atoms with Crippen LogP contribution in [0.25, 0.3) is 0 Å². The molecule has 1 amide bonds. The molecule has 0 aliphatic carbocycles. The number of aliphatic hydroxyl groups excluding tert-OH is 1. The second kappa shape index (κ2) is 5.20. The highest BCUT2D eigenvalue weighted by Crippen LogP contribution is 2.16. The zero-order valence-corrected chi connectivity index (χ0v) is 9.51. The number of rotatable bonds is 3. The maximum absolute atomic E-state index is 11.8. The van der Waals surface area contributed by atoms with Crippen molar-refractivity contribution >= 4 is 5.91 Å². The van der Waals surface area contributed by atoms with E-state index < -0.39 is 12.1 Å². The van der Waals surface area contributed by atoms with Crippen molar-refractivity contribution in [2.75, 3.05) is 20.3 Å². The fraction of sp³-hybridized carbons (Fsp3) is 0.545. The second-order valence-electron chi connectivity index (χ2n) is 3.83. The van der Waals surface area contributed by atoms with Gasteiger partial charge in [-0.05, 0) is 12.5 Å². The Morgan fingerprint density at radius 2 is 2.41 bits per heavy atom. The molecule has 2 N–H and O–H groups in total. The third-order valence-electron chi connectivity index (χ3n) is 2.64. The lowest BCUT2D eigenvalue weighted by Gasteiger charge is -2.27. The number of ether oxygens (including phenoxy) is 2. The highest BCUT2D eigenvalue weighted by molar-refractivity contribution is 5.91. The van der Waals surface area contributed by atoms with Crippen molar-refractivity contribution in [3.63, 3.8) is 0 Å². The Hall–Kier alpha value is -1.53. The smallest absolute Gasteiger partial charge is 0.287 e. The first-order valence-corrected chi connectivity index (χ1v) is 5.41. The Morgan fingerprint density at radius 3 is 3.06 bits per heavy atom. The number of aliphatic hydroxyl groups is 1. The van der Waals surface area contributed by atoms with Crippen LogP contribution in [-0.2, 0) is 4.74 Å². The molecule has 1 aliphatic heterocycles. The van der Waals surface area contributed by atoms with Crippen molar-refractivity contribution in [1.29, 1.82) is 0 Å². The Balaban J connectivity index is 1.96. The van der Waals surface area contributed by atoms with E-state index in [4.69, 9.17) is 13.9 Å². The van der Waals surface area contributed by atoms with E-state index in [0.29, 0.717) is 19.6 Å². The van der Waals surface area contributed by atoms with Crippen LogP contribution in [0.4, 0.5) is 0 Å². The summed E-state index contributed by atoms with van der Waals surface area (Å²) in [6.07, 6.45) is -0.0589. The fourth-order valence-electron chi connectivity index (χ4n) is 1.66. The zero-order chi connectivity index (χ0) is 12.3. The number of nitrogens with one attached hydrogen (secondary N) is 1. The van der Waals surface area contributed by atoms with Gasteiger partial charge in [-0.3, -0.25) is 4.79 Å². The Bertz CT molecular complexity index is 389. The number of furan rings is 1. The van der Waals surface area contributed by atoms with Crippen LogP contribution >= 0.6 is 0 Å². The maximum Gasteiger partial charge on any atom is 0.287 e. The summed E-state index contributed by atoms with van der Waals surface area (Å²) in [4.78, 5) is 11.8. The number of amides is 1. The summed E-state index contributed by atoms with van der Waals surface area (Å²) < 4.78 is 15.1. The van der Waals surface area contributed by atoms with Crippen LogP contribution in [0.15, 0.2) is 16.5 Å². The first-order chi connectivity index (χ1) is 8.20. The maximum atomic E-state index is 11.8. The molecule has 0 bridgehead atoms. The van der Waals surface area contributed by atoms with Crippen molar-refractivity contribution in [3.05, 3.63) is 17.9 Å². The summed E-state index contributed by atoms with van der Waals surface area (Å²) in [7, 11) is 1.46. The van der Waals surface area contributed by atoms with Gasteiger partial charge in [0.05, 0.1) is 25.9 Å². The summed E-state index contributed by atoms with van der Waals surface area (Å²) in [5.41, 5.74) is 0. The number of carbonyl (C=O) groups excluding carboxylic acids is 1. The second-order valence-corrected chi connectivity index (χ2v) is 3.83. The predicted molar refractivity (Wildman–Crippen MR) is 58.0 cm³/mol. The van der Waals surface area contributed by atoms with Gasteiger partial charge in [-0.1, -0.05) is 0 Å². The SMILES string of the molecule is COc1ccc(C(=O)N[C@@H]2COCC[C@H]2O)o1. The van der Waals surface area contributed by atoms with E-state index in [1.54, 1.807) is 6.07 Å². The number of methoxy groups -OCH3 is 1. The standard InChI is InChI=1S/C11H15NO5/c1-15-10-3-2-9(17-10)11(14)12-7-6-16-5-4-8(7)13/h2-3,7-8,13H,4-6H2,1H3,(H,12,14)/t7-,8-/m1/s1. The zero-order valence-electron chi connectivity index (χ0n) is 9.51. The first kappa shape index (κ1) is 11.9. The minimum Gasteiger partial charge on any atom is -0.468 e. The minimum absolute atomic E-state index is 0.152. The average molecular weight is 241 g/mol. The summed E-state index contributed by atoms with van der Waals surface area (Å²) in [6.45, 7) is 0.826. The summed E-state index contributed by atoms with van der Waals surface area (Å²) in [6, 6.07) is 2.68. The van der Waals surface area contributed by atoms with Gasteiger partial charge < -0.3 is 24.3 Å². The summed E-state index contributed by atoms with van der Waals surface area (Å²) in [5, 5.41) is 12.3. The molecular weight excluding hydrogens is 226 g/mol. The lowest BCUT2D eigenvalue weighted by molar-refractivity contribution is -0.0143. The first-order valence-electron chi connectivity index (χ1n) is 5.41. The van der Waals surface area contributed by atoms with Gasteiger partial charge in [0.15, 0.2) is 5.76 Å². The lowest BCUT2D eigenvalue weighted by atomic mass is 10.1. The van der Waals surface area contributed by atoms with Crippen LogP contribution in [0.1, 0.15) is 17.0 Å². The average Bonchev–Trinajstić information content (AvgIpc) is 2.81.